The van der Waals surface area contributed by atoms with Gasteiger partial charge in [-0.15, -0.1) is 0 Å². The summed E-state index contributed by atoms with van der Waals surface area (Å²) in [4.78, 5) is 22.9. The second kappa shape index (κ2) is 7.41. The molecular formula is C19H18F3N5O. The minimum Gasteiger partial charge on any atom is -0.291 e. The lowest BCUT2D eigenvalue weighted by Crippen LogP contribution is -2.32. The van der Waals surface area contributed by atoms with Gasteiger partial charge in [0, 0.05) is 18.9 Å². The Balaban J connectivity index is 1.94. The highest BCUT2D eigenvalue weighted by molar-refractivity contribution is 6.06. The monoisotopic (exact) mass is 389 g/mol. The van der Waals surface area contributed by atoms with Gasteiger partial charge in [-0.1, -0.05) is 0 Å². The third kappa shape index (κ3) is 3.60. The zero-order valence-electron chi connectivity index (χ0n) is 15.5. The lowest BCUT2D eigenvalue weighted by molar-refractivity contribution is -0.137. The first kappa shape index (κ1) is 19.5. The molecule has 1 amide bonds. The predicted molar refractivity (Wildman–Crippen MR) is 97.4 cm³/mol. The lowest BCUT2D eigenvalue weighted by Gasteiger charge is -2.20. The highest BCUT2D eigenvalue weighted by atomic mass is 19.4. The summed E-state index contributed by atoms with van der Waals surface area (Å²) in [5, 5.41) is 4.18. The summed E-state index contributed by atoms with van der Waals surface area (Å²) in [7, 11) is 0. The fourth-order valence-electron chi connectivity index (χ4n) is 2.87. The molecular weight excluding hydrogens is 371 g/mol. The van der Waals surface area contributed by atoms with Crippen LogP contribution in [-0.4, -0.2) is 32.2 Å². The van der Waals surface area contributed by atoms with Crippen molar-refractivity contribution in [2.45, 2.75) is 26.9 Å². The Labute approximate surface area is 159 Å². The van der Waals surface area contributed by atoms with Crippen LogP contribution in [0.5, 0.6) is 0 Å². The van der Waals surface area contributed by atoms with Crippen molar-refractivity contribution in [2.24, 2.45) is 0 Å². The van der Waals surface area contributed by atoms with Crippen molar-refractivity contribution in [3.8, 4) is 5.69 Å². The van der Waals surface area contributed by atoms with E-state index >= 15 is 0 Å². The molecule has 0 aliphatic rings. The van der Waals surface area contributed by atoms with Crippen LogP contribution in [0.2, 0.25) is 0 Å². The zero-order chi connectivity index (χ0) is 20.5. The normalized spacial score (nSPS) is 11.5. The number of aryl methyl sites for hydroxylation is 1. The van der Waals surface area contributed by atoms with Crippen LogP contribution >= 0.6 is 0 Å². The number of halogens is 3. The van der Waals surface area contributed by atoms with Crippen molar-refractivity contribution in [3.05, 3.63) is 65.4 Å². The van der Waals surface area contributed by atoms with E-state index in [0.717, 1.165) is 12.1 Å². The number of carbonyl (C=O) groups excluding carboxylic acids is 1. The van der Waals surface area contributed by atoms with E-state index in [0.29, 0.717) is 35.0 Å². The van der Waals surface area contributed by atoms with E-state index in [9.17, 15) is 18.0 Å². The molecule has 1 aromatic carbocycles. The zero-order valence-corrected chi connectivity index (χ0v) is 15.5. The van der Waals surface area contributed by atoms with Crippen LogP contribution in [0, 0.1) is 13.8 Å². The van der Waals surface area contributed by atoms with Gasteiger partial charge in [-0.05, 0) is 45.0 Å². The Bertz CT molecular complexity index is 996. The van der Waals surface area contributed by atoms with Crippen LogP contribution in [0.4, 0.5) is 19.0 Å². The standard InChI is InChI=1S/C19H18F3N5O/c1-4-26(17-12(2)23-9-10-24-17)18(28)16-11-25-27(13(16)3)15-7-5-14(6-8-15)19(20,21)22/h5-11H,4H2,1-3H3. The van der Waals surface area contributed by atoms with E-state index in [-0.39, 0.29) is 5.91 Å². The molecule has 0 aliphatic carbocycles. The van der Waals surface area contributed by atoms with Crippen LogP contribution in [0.15, 0.2) is 42.9 Å². The summed E-state index contributed by atoms with van der Waals surface area (Å²) in [6, 6.07) is 4.61. The Kier molecular flexibility index (Phi) is 5.17. The van der Waals surface area contributed by atoms with Crippen LogP contribution in [-0.2, 0) is 6.18 Å². The van der Waals surface area contributed by atoms with E-state index in [2.05, 4.69) is 15.1 Å². The molecule has 0 bridgehead atoms. The van der Waals surface area contributed by atoms with Gasteiger partial charge in [0.1, 0.15) is 0 Å². The third-order valence-corrected chi connectivity index (χ3v) is 4.35. The maximum absolute atomic E-state index is 13.0. The Hall–Kier alpha value is -3.23. The summed E-state index contributed by atoms with van der Waals surface area (Å²) in [5.41, 5.74) is 1.16. The first-order valence-electron chi connectivity index (χ1n) is 8.55. The predicted octanol–water partition coefficient (Wildman–Crippen LogP) is 3.96. The molecule has 9 heteroatoms. The van der Waals surface area contributed by atoms with Gasteiger partial charge in [-0.3, -0.25) is 14.7 Å². The maximum Gasteiger partial charge on any atom is 0.416 e. The highest BCUT2D eigenvalue weighted by Crippen LogP contribution is 2.30. The number of rotatable bonds is 4. The highest BCUT2D eigenvalue weighted by Gasteiger charge is 2.30. The van der Waals surface area contributed by atoms with Crippen molar-refractivity contribution in [1.82, 2.24) is 19.7 Å². The number of aromatic nitrogens is 4. The summed E-state index contributed by atoms with van der Waals surface area (Å²) in [6.45, 7) is 5.65. The number of carbonyl (C=O) groups is 1. The number of alkyl halides is 3. The fourth-order valence-corrected chi connectivity index (χ4v) is 2.87. The summed E-state index contributed by atoms with van der Waals surface area (Å²) >= 11 is 0. The molecule has 0 aliphatic heterocycles. The first-order valence-corrected chi connectivity index (χ1v) is 8.55. The molecule has 0 atom stereocenters. The molecule has 3 aromatic rings. The van der Waals surface area contributed by atoms with Crippen molar-refractivity contribution in [2.75, 3.05) is 11.4 Å². The number of amides is 1. The molecule has 0 saturated carbocycles. The van der Waals surface area contributed by atoms with E-state index in [4.69, 9.17) is 0 Å². The van der Waals surface area contributed by atoms with Crippen LogP contribution in [0.3, 0.4) is 0 Å². The second-order valence-electron chi connectivity index (χ2n) is 6.11. The number of benzene rings is 1. The molecule has 0 unspecified atom stereocenters. The van der Waals surface area contributed by atoms with Gasteiger partial charge >= 0.3 is 6.18 Å². The maximum atomic E-state index is 13.0. The molecule has 2 aromatic heterocycles. The topological polar surface area (TPSA) is 63.9 Å². The Morgan fingerprint density at radius 3 is 2.32 bits per heavy atom. The number of hydrogen-bond acceptors (Lipinski definition) is 4. The van der Waals surface area contributed by atoms with Crippen LogP contribution < -0.4 is 4.90 Å². The van der Waals surface area contributed by atoms with E-state index in [1.807, 2.05) is 6.92 Å². The van der Waals surface area contributed by atoms with Gasteiger partial charge in [-0.2, -0.15) is 18.3 Å². The van der Waals surface area contributed by atoms with Gasteiger partial charge in [0.2, 0.25) is 0 Å². The van der Waals surface area contributed by atoms with E-state index in [1.165, 1.54) is 34.1 Å². The van der Waals surface area contributed by atoms with E-state index < -0.39 is 11.7 Å². The molecule has 3 rings (SSSR count). The fraction of sp³-hybridized carbons (Fsp3) is 0.263. The molecule has 6 nitrogen and oxygen atoms in total. The smallest absolute Gasteiger partial charge is 0.291 e. The van der Waals surface area contributed by atoms with Crippen LogP contribution in [0.1, 0.15) is 34.2 Å². The van der Waals surface area contributed by atoms with Gasteiger partial charge in [0.15, 0.2) is 5.82 Å². The van der Waals surface area contributed by atoms with Crippen molar-refractivity contribution >= 4 is 11.7 Å². The molecule has 0 N–H and O–H groups in total. The van der Waals surface area contributed by atoms with Gasteiger partial charge in [0.25, 0.3) is 5.91 Å². The molecule has 28 heavy (non-hydrogen) atoms. The van der Waals surface area contributed by atoms with Crippen LogP contribution in [0.25, 0.3) is 5.69 Å². The third-order valence-electron chi connectivity index (χ3n) is 4.35. The molecule has 0 saturated heterocycles. The number of anilines is 1. The van der Waals surface area contributed by atoms with Crippen molar-refractivity contribution in [1.29, 1.82) is 0 Å². The Morgan fingerprint density at radius 2 is 1.75 bits per heavy atom. The average Bonchev–Trinajstić information content (AvgIpc) is 3.04. The minimum absolute atomic E-state index is 0.304. The molecule has 0 radical (unpaired) electrons. The quantitative estimate of drug-likeness (QED) is 0.678. The van der Waals surface area contributed by atoms with E-state index in [1.54, 1.807) is 20.0 Å². The van der Waals surface area contributed by atoms with Gasteiger partial charge in [0.05, 0.1) is 34.4 Å². The Morgan fingerprint density at radius 1 is 1.11 bits per heavy atom. The van der Waals surface area contributed by atoms with Crippen molar-refractivity contribution in [3.63, 3.8) is 0 Å². The minimum atomic E-state index is -4.41. The molecule has 0 fully saturated rings. The molecule has 0 spiro atoms. The SMILES string of the molecule is CCN(C(=O)c1cnn(-c2ccc(C(F)(F)F)cc2)c1C)c1nccnc1C. The average molecular weight is 389 g/mol. The lowest BCUT2D eigenvalue weighted by atomic mass is 10.2. The van der Waals surface area contributed by atoms with Gasteiger partial charge < -0.3 is 0 Å². The first-order chi connectivity index (χ1) is 13.2. The van der Waals surface area contributed by atoms with Gasteiger partial charge in [-0.25, -0.2) is 9.67 Å². The molecule has 2 heterocycles. The number of hydrogen-bond donors (Lipinski definition) is 0. The second-order valence-corrected chi connectivity index (χ2v) is 6.11. The summed E-state index contributed by atoms with van der Waals surface area (Å²) in [6.07, 6.45) is 0.0561. The largest absolute Gasteiger partial charge is 0.416 e. The summed E-state index contributed by atoms with van der Waals surface area (Å²) in [5.74, 6) is 0.151. The number of nitrogens with zero attached hydrogens (tertiary/aromatic N) is 5. The molecule has 146 valence electrons. The van der Waals surface area contributed by atoms with Crippen molar-refractivity contribution < 1.29 is 18.0 Å². The summed E-state index contributed by atoms with van der Waals surface area (Å²) < 4.78 is 39.7.